The second-order valence-corrected chi connectivity index (χ2v) is 7.59. The molecule has 0 fully saturated rings. The van der Waals surface area contributed by atoms with Gasteiger partial charge in [-0.15, -0.1) is 11.6 Å². The minimum atomic E-state index is 0.0667. The number of alkyl halides is 1. The van der Waals surface area contributed by atoms with Crippen molar-refractivity contribution in [3.8, 4) is 11.5 Å². The van der Waals surface area contributed by atoms with Gasteiger partial charge < -0.3 is 9.47 Å². The summed E-state index contributed by atoms with van der Waals surface area (Å²) < 4.78 is 11.8. The van der Waals surface area contributed by atoms with E-state index in [-0.39, 0.29) is 5.38 Å². The minimum Gasteiger partial charge on any atom is -0.489 e. The Kier molecular flexibility index (Phi) is 3.62. The molecule has 1 aliphatic heterocycles. The average molecular weight is 295 g/mol. The van der Waals surface area contributed by atoms with E-state index >= 15 is 0 Å². The summed E-state index contributed by atoms with van der Waals surface area (Å²) in [4.78, 5) is 0. The van der Waals surface area contributed by atoms with Gasteiger partial charge in [0.15, 0.2) is 11.5 Å². The highest BCUT2D eigenvalue weighted by Gasteiger charge is 2.30. The second kappa shape index (κ2) is 5.14. The van der Waals surface area contributed by atoms with Crippen LogP contribution in [0.3, 0.4) is 0 Å². The van der Waals surface area contributed by atoms with E-state index in [0.717, 1.165) is 30.9 Å². The Bertz CT molecular complexity index is 510. The molecule has 0 bridgehead atoms. The van der Waals surface area contributed by atoms with E-state index in [1.54, 1.807) is 0 Å². The van der Waals surface area contributed by atoms with Crippen molar-refractivity contribution in [1.82, 2.24) is 0 Å². The first-order chi connectivity index (χ1) is 9.44. The standard InChI is InChI=1S/C17H23ClO2/c1-11-9-19-15-6-12-4-5-17(2,3)8-14(18)13(12)7-16(15)20-10-11/h6-7,11,14H,4-5,8-10H2,1-3H3. The van der Waals surface area contributed by atoms with Crippen molar-refractivity contribution in [1.29, 1.82) is 0 Å². The molecule has 110 valence electrons. The topological polar surface area (TPSA) is 18.5 Å². The van der Waals surface area contributed by atoms with Gasteiger partial charge in [0.05, 0.1) is 18.6 Å². The van der Waals surface area contributed by atoms with Crippen molar-refractivity contribution in [3.05, 3.63) is 23.3 Å². The number of halogens is 1. The molecule has 0 saturated carbocycles. The van der Waals surface area contributed by atoms with E-state index in [1.165, 1.54) is 17.5 Å². The molecule has 2 unspecified atom stereocenters. The van der Waals surface area contributed by atoms with Crippen molar-refractivity contribution in [2.45, 2.75) is 45.4 Å². The highest BCUT2D eigenvalue weighted by atomic mass is 35.5. The quantitative estimate of drug-likeness (QED) is 0.508. The van der Waals surface area contributed by atoms with E-state index in [2.05, 4.69) is 32.9 Å². The number of aryl methyl sites for hydroxylation is 1. The van der Waals surface area contributed by atoms with E-state index in [4.69, 9.17) is 21.1 Å². The summed E-state index contributed by atoms with van der Waals surface area (Å²) in [6, 6.07) is 4.27. The van der Waals surface area contributed by atoms with Crippen molar-refractivity contribution >= 4 is 11.6 Å². The zero-order valence-electron chi connectivity index (χ0n) is 12.5. The molecule has 1 aromatic carbocycles. The molecule has 1 aliphatic carbocycles. The van der Waals surface area contributed by atoms with Gasteiger partial charge >= 0.3 is 0 Å². The Hall–Kier alpha value is -0.890. The van der Waals surface area contributed by atoms with Crippen LogP contribution in [0.25, 0.3) is 0 Å². The Morgan fingerprint density at radius 3 is 2.50 bits per heavy atom. The molecular weight excluding hydrogens is 272 g/mol. The zero-order chi connectivity index (χ0) is 14.3. The van der Waals surface area contributed by atoms with Crippen LogP contribution in [-0.4, -0.2) is 13.2 Å². The third kappa shape index (κ3) is 2.76. The predicted molar refractivity (Wildman–Crippen MR) is 81.9 cm³/mol. The van der Waals surface area contributed by atoms with Crippen molar-refractivity contribution < 1.29 is 9.47 Å². The maximum atomic E-state index is 6.65. The largest absolute Gasteiger partial charge is 0.489 e. The number of ether oxygens (including phenoxy) is 2. The average Bonchev–Trinajstić information content (AvgIpc) is 2.62. The summed E-state index contributed by atoms with van der Waals surface area (Å²) in [6.45, 7) is 8.18. The van der Waals surface area contributed by atoms with Crippen LogP contribution in [0.15, 0.2) is 12.1 Å². The molecule has 20 heavy (non-hydrogen) atoms. The van der Waals surface area contributed by atoms with Crippen LogP contribution in [0.1, 0.15) is 50.1 Å². The molecular formula is C17H23ClO2. The summed E-state index contributed by atoms with van der Waals surface area (Å²) in [6.07, 6.45) is 3.24. The molecule has 0 aromatic heterocycles. The Morgan fingerprint density at radius 1 is 1.15 bits per heavy atom. The third-order valence-corrected chi connectivity index (χ3v) is 4.78. The lowest BCUT2D eigenvalue weighted by atomic mass is 9.84. The molecule has 1 heterocycles. The molecule has 0 saturated heterocycles. The molecule has 0 amide bonds. The first-order valence-corrected chi connectivity index (χ1v) is 7.95. The molecule has 3 rings (SSSR count). The normalized spacial score (nSPS) is 28.2. The van der Waals surface area contributed by atoms with Crippen molar-refractivity contribution in [2.24, 2.45) is 11.3 Å². The second-order valence-electron chi connectivity index (χ2n) is 7.06. The van der Waals surface area contributed by atoms with Gasteiger partial charge in [0.25, 0.3) is 0 Å². The van der Waals surface area contributed by atoms with Crippen molar-refractivity contribution in [2.75, 3.05) is 13.2 Å². The van der Waals surface area contributed by atoms with Crippen LogP contribution >= 0.6 is 11.6 Å². The molecule has 0 radical (unpaired) electrons. The highest BCUT2D eigenvalue weighted by molar-refractivity contribution is 6.21. The Morgan fingerprint density at radius 2 is 1.80 bits per heavy atom. The van der Waals surface area contributed by atoms with E-state index in [0.29, 0.717) is 17.9 Å². The van der Waals surface area contributed by atoms with Gasteiger partial charge in [-0.2, -0.15) is 0 Å². The molecule has 2 atom stereocenters. The summed E-state index contributed by atoms with van der Waals surface area (Å²) >= 11 is 6.65. The van der Waals surface area contributed by atoms with Crippen LogP contribution in [-0.2, 0) is 6.42 Å². The van der Waals surface area contributed by atoms with Gasteiger partial charge in [-0.1, -0.05) is 20.8 Å². The lowest BCUT2D eigenvalue weighted by Gasteiger charge is -2.23. The number of benzene rings is 1. The summed E-state index contributed by atoms with van der Waals surface area (Å²) in [5, 5.41) is 0.0667. The predicted octanol–water partition coefficient (Wildman–Crippen LogP) is 4.74. The molecule has 3 heteroatoms. The van der Waals surface area contributed by atoms with Crippen LogP contribution in [0, 0.1) is 11.3 Å². The molecule has 2 aliphatic rings. The smallest absolute Gasteiger partial charge is 0.161 e. The Balaban J connectivity index is 1.98. The van der Waals surface area contributed by atoms with E-state index < -0.39 is 0 Å². The van der Waals surface area contributed by atoms with Crippen LogP contribution in [0.5, 0.6) is 11.5 Å². The van der Waals surface area contributed by atoms with Gasteiger partial charge in [0, 0.05) is 5.92 Å². The number of hydrogen-bond donors (Lipinski definition) is 0. The fourth-order valence-corrected chi connectivity index (χ4v) is 3.65. The molecule has 2 nitrogen and oxygen atoms in total. The summed E-state index contributed by atoms with van der Waals surface area (Å²) in [5.41, 5.74) is 2.85. The van der Waals surface area contributed by atoms with Gasteiger partial charge in [-0.05, 0) is 47.9 Å². The number of rotatable bonds is 0. The van der Waals surface area contributed by atoms with Crippen LogP contribution in [0.2, 0.25) is 0 Å². The van der Waals surface area contributed by atoms with Crippen LogP contribution < -0.4 is 9.47 Å². The minimum absolute atomic E-state index is 0.0667. The summed E-state index contributed by atoms with van der Waals surface area (Å²) in [5.74, 6) is 2.17. The van der Waals surface area contributed by atoms with Gasteiger partial charge in [0.1, 0.15) is 0 Å². The lowest BCUT2D eigenvalue weighted by molar-refractivity contribution is 0.228. The molecule has 1 aromatic rings. The maximum absolute atomic E-state index is 6.65. The molecule has 0 spiro atoms. The lowest BCUT2D eigenvalue weighted by Crippen LogP contribution is -2.12. The fourth-order valence-electron chi connectivity index (χ4n) is 3.03. The SMILES string of the molecule is CC1COc2cc3c(cc2OC1)C(Cl)CC(C)(C)CC3. The highest BCUT2D eigenvalue weighted by Crippen LogP contribution is 2.46. The van der Waals surface area contributed by atoms with Gasteiger partial charge in [0.2, 0.25) is 0 Å². The first kappa shape index (κ1) is 14.1. The van der Waals surface area contributed by atoms with Crippen molar-refractivity contribution in [3.63, 3.8) is 0 Å². The van der Waals surface area contributed by atoms with Gasteiger partial charge in [-0.3, -0.25) is 0 Å². The van der Waals surface area contributed by atoms with E-state index in [1.807, 2.05) is 0 Å². The Labute approximate surface area is 126 Å². The summed E-state index contributed by atoms with van der Waals surface area (Å²) in [7, 11) is 0. The number of hydrogen-bond acceptors (Lipinski definition) is 2. The first-order valence-electron chi connectivity index (χ1n) is 7.51. The maximum Gasteiger partial charge on any atom is 0.161 e. The monoisotopic (exact) mass is 294 g/mol. The van der Waals surface area contributed by atoms with E-state index in [9.17, 15) is 0 Å². The zero-order valence-corrected chi connectivity index (χ0v) is 13.3. The fraction of sp³-hybridized carbons (Fsp3) is 0.647. The molecule has 0 N–H and O–H groups in total. The van der Waals surface area contributed by atoms with Crippen LogP contribution in [0.4, 0.5) is 0 Å². The number of fused-ring (bicyclic) bond motifs is 2. The van der Waals surface area contributed by atoms with Gasteiger partial charge in [-0.25, -0.2) is 0 Å². The third-order valence-electron chi connectivity index (χ3n) is 4.39.